The lowest BCUT2D eigenvalue weighted by Crippen LogP contribution is -2.28. The Balaban J connectivity index is 1.80. The predicted octanol–water partition coefficient (Wildman–Crippen LogP) is 1.79. The minimum atomic E-state index is -0.194. The quantitative estimate of drug-likeness (QED) is 0.752. The average Bonchev–Trinajstić information content (AvgIpc) is 2.86. The SMILES string of the molecule is OC1CCC1c1cnc(C2CC2)o1. The maximum Gasteiger partial charge on any atom is 0.197 e. The summed E-state index contributed by atoms with van der Waals surface area (Å²) in [7, 11) is 0. The van der Waals surface area contributed by atoms with Gasteiger partial charge in [-0.25, -0.2) is 4.98 Å². The van der Waals surface area contributed by atoms with Crippen molar-refractivity contribution in [3.05, 3.63) is 17.8 Å². The molecule has 0 aliphatic heterocycles. The van der Waals surface area contributed by atoms with Gasteiger partial charge in [-0.1, -0.05) is 0 Å². The van der Waals surface area contributed by atoms with E-state index >= 15 is 0 Å². The van der Waals surface area contributed by atoms with Gasteiger partial charge in [-0.3, -0.25) is 0 Å². The van der Waals surface area contributed by atoms with E-state index in [1.165, 1.54) is 12.8 Å². The zero-order valence-electron chi connectivity index (χ0n) is 7.44. The summed E-state index contributed by atoms with van der Waals surface area (Å²) in [5, 5.41) is 9.44. The molecule has 0 bridgehead atoms. The number of hydrogen-bond donors (Lipinski definition) is 1. The van der Waals surface area contributed by atoms with Crippen molar-refractivity contribution in [3.63, 3.8) is 0 Å². The molecule has 3 heteroatoms. The number of oxazole rings is 1. The molecule has 1 heterocycles. The standard InChI is InChI=1S/C10H13NO2/c12-8-4-3-7(8)9-5-11-10(13-9)6-1-2-6/h5-8,12H,1-4H2. The van der Waals surface area contributed by atoms with Crippen LogP contribution >= 0.6 is 0 Å². The summed E-state index contributed by atoms with van der Waals surface area (Å²) in [5.74, 6) is 2.57. The molecule has 2 unspecified atom stereocenters. The summed E-state index contributed by atoms with van der Waals surface area (Å²) in [6.45, 7) is 0. The van der Waals surface area contributed by atoms with Crippen molar-refractivity contribution in [2.75, 3.05) is 0 Å². The largest absolute Gasteiger partial charge is 0.445 e. The summed E-state index contributed by atoms with van der Waals surface area (Å²) < 4.78 is 5.61. The van der Waals surface area contributed by atoms with Crippen LogP contribution in [0.4, 0.5) is 0 Å². The molecule has 13 heavy (non-hydrogen) atoms. The first-order valence-electron chi connectivity index (χ1n) is 4.98. The maximum absolute atomic E-state index is 9.44. The molecule has 70 valence electrons. The van der Waals surface area contributed by atoms with E-state index < -0.39 is 0 Å². The first-order chi connectivity index (χ1) is 6.34. The van der Waals surface area contributed by atoms with Gasteiger partial charge >= 0.3 is 0 Å². The van der Waals surface area contributed by atoms with Crippen molar-refractivity contribution in [1.82, 2.24) is 4.98 Å². The molecule has 0 aromatic carbocycles. The summed E-state index contributed by atoms with van der Waals surface area (Å²) in [6, 6.07) is 0. The summed E-state index contributed by atoms with van der Waals surface area (Å²) in [4.78, 5) is 4.24. The van der Waals surface area contributed by atoms with E-state index in [0.717, 1.165) is 24.5 Å². The Hall–Kier alpha value is -0.830. The Morgan fingerprint density at radius 1 is 1.31 bits per heavy atom. The van der Waals surface area contributed by atoms with Gasteiger partial charge in [0.1, 0.15) is 5.76 Å². The highest BCUT2D eigenvalue weighted by molar-refractivity contribution is 5.12. The molecule has 1 aromatic rings. The van der Waals surface area contributed by atoms with Crippen LogP contribution in [0.5, 0.6) is 0 Å². The minimum Gasteiger partial charge on any atom is -0.445 e. The Bertz CT molecular complexity index is 316. The molecule has 0 spiro atoms. The van der Waals surface area contributed by atoms with Crippen LogP contribution in [0.25, 0.3) is 0 Å². The second-order valence-corrected chi connectivity index (χ2v) is 4.13. The van der Waals surface area contributed by atoms with Crippen LogP contribution in [0.1, 0.15) is 49.2 Å². The van der Waals surface area contributed by atoms with E-state index in [2.05, 4.69) is 4.98 Å². The molecule has 2 atom stereocenters. The number of nitrogens with zero attached hydrogens (tertiary/aromatic N) is 1. The molecule has 2 fully saturated rings. The van der Waals surface area contributed by atoms with Gasteiger partial charge in [0.25, 0.3) is 0 Å². The van der Waals surface area contributed by atoms with E-state index in [1.807, 2.05) is 0 Å². The molecule has 1 N–H and O–H groups in total. The summed E-state index contributed by atoms with van der Waals surface area (Å²) >= 11 is 0. The molecule has 0 saturated heterocycles. The third kappa shape index (κ3) is 1.18. The maximum atomic E-state index is 9.44. The Morgan fingerprint density at radius 3 is 2.69 bits per heavy atom. The predicted molar refractivity (Wildman–Crippen MR) is 46.5 cm³/mol. The molecular weight excluding hydrogens is 166 g/mol. The van der Waals surface area contributed by atoms with Crippen LogP contribution in [0.2, 0.25) is 0 Å². The van der Waals surface area contributed by atoms with E-state index in [4.69, 9.17) is 4.42 Å². The second kappa shape index (κ2) is 2.58. The van der Waals surface area contributed by atoms with Gasteiger partial charge in [0.15, 0.2) is 5.89 Å². The highest BCUT2D eigenvalue weighted by Gasteiger charge is 2.35. The lowest BCUT2D eigenvalue weighted by atomic mass is 9.81. The molecular formula is C10H13NO2. The first-order valence-corrected chi connectivity index (χ1v) is 4.98. The Kier molecular flexibility index (Phi) is 1.50. The number of aliphatic hydroxyl groups excluding tert-OH is 1. The molecule has 1 aromatic heterocycles. The third-order valence-corrected chi connectivity index (χ3v) is 3.07. The molecule has 3 rings (SSSR count). The monoisotopic (exact) mass is 179 g/mol. The van der Waals surface area contributed by atoms with E-state index in [0.29, 0.717) is 5.92 Å². The van der Waals surface area contributed by atoms with Crippen molar-refractivity contribution >= 4 is 0 Å². The Morgan fingerprint density at radius 2 is 2.15 bits per heavy atom. The van der Waals surface area contributed by atoms with Crippen LogP contribution in [-0.4, -0.2) is 16.2 Å². The van der Waals surface area contributed by atoms with Crippen LogP contribution in [0.15, 0.2) is 10.6 Å². The Labute approximate surface area is 76.8 Å². The zero-order chi connectivity index (χ0) is 8.84. The number of hydrogen-bond acceptors (Lipinski definition) is 3. The van der Waals surface area contributed by atoms with Gasteiger partial charge in [0.05, 0.1) is 12.3 Å². The zero-order valence-corrected chi connectivity index (χ0v) is 7.44. The first kappa shape index (κ1) is 7.56. The second-order valence-electron chi connectivity index (χ2n) is 4.13. The van der Waals surface area contributed by atoms with Gasteiger partial charge in [-0.05, 0) is 25.7 Å². The fourth-order valence-corrected chi connectivity index (χ4v) is 1.81. The van der Waals surface area contributed by atoms with Crippen molar-refractivity contribution in [3.8, 4) is 0 Å². The van der Waals surface area contributed by atoms with Crippen molar-refractivity contribution < 1.29 is 9.52 Å². The summed E-state index contributed by atoms with van der Waals surface area (Å²) in [6.07, 6.45) is 5.98. The smallest absolute Gasteiger partial charge is 0.197 e. The van der Waals surface area contributed by atoms with Crippen LogP contribution < -0.4 is 0 Å². The normalized spacial score (nSPS) is 33.0. The summed E-state index contributed by atoms with van der Waals surface area (Å²) in [5.41, 5.74) is 0. The third-order valence-electron chi connectivity index (χ3n) is 3.07. The van der Waals surface area contributed by atoms with Crippen molar-refractivity contribution in [1.29, 1.82) is 0 Å². The van der Waals surface area contributed by atoms with Gasteiger partial charge in [-0.2, -0.15) is 0 Å². The number of aromatic nitrogens is 1. The fraction of sp³-hybridized carbons (Fsp3) is 0.700. The van der Waals surface area contributed by atoms with E-state index in [-0.39, 0.29) is 12.0 Å². The number of rotatable bonds is 2. The molecule has 2 aliphatic rings. The topological polar surface area (TPSA) is 46.3 Å². The van der Waals surface area contributed by atoms with E-state index in [1.54, 1.807) is 6.20 Å². The van der Waals surface area contributed by atoms with Gasteiger partial charge in [-0.15, -0.1) is 0 Å². The van der Waals surface area contributed by atoms with Crippen LogP contribution in [0.3, 0.4) is 0 Å². The lowest BCUT2D eigenvalue weighted by molar-refractivity contribution is 0.0555. The van der Waals surface area contributed by atoms with Crippen molar-refractivity contribution in [2.24, 2.45) is 0 Å². The minimum absolute atomic E-state index is 0.194. The lowest BCUT2D eigenvalue weighted by Gasteiger charge is -2.29. The molecule has 0 amide bonds. The molecule has 2 saturated carbocycles. The molecule has 2 aliphatic carbocycles. The van der Waals surface area contributed by atoms with Gasteiger partial charge < -0.3 is 9.52 Å². The van der Waals surface area contributed by atoms with Gasteiger partial charge in [0.2, 0.25) is 0 Å². The average molecular weight is 179 g/mol. The number of aliphatic hydroxyl groups is 1. The fourth-order valence-electron chi connectivity index (χ4n) is 1.81. The molecule has 0 radical (unpaired) electrons. The van der Waals surface area contributed by atoms with Gasteiger partial charge in [0, 0.05) is 11.8 Å². The van der Waals surface area contributed by atoms with Crippen LogP contribution in [-0.2, 0) is 0 Å². The van der Waals surface area contributed by atoms with Crippen LogP contribution in [0, 0.1) is 0 Å². The van der Waals surface area contributed by atoms with E-state index in [9.17, 15) is 5.11 Å². The highest BCUT2D eigenvalue weighted by Crippen LogP contribution is 2.42. The molecule has 3 nitrogen and oxygen atoms in total. The highest BCUT2D eigenvalue weighted by atomic mass is 16.4. The van der Waals surface area contributed by atoms with Crippen molar-refractivity contribution in [2.45, 2.75) is 43.6 Å².